The number of benzene rings is 1. The molecule has 206 valence electrons. The zero-order valence-corrected chi connectivity index (χ0v) is 20.9. The Balaban J connectivity index is 1.63. The highest BCUT2D eigenvalue weighted by atomic mass is 19.2. The molecule has 1 fully saturated rings. The van der Waals surface area contributed by atoms with E-state index in [2.05, 4.69) is 21.1 Å². The van der Waals surface area contributed by atoms with Crippen LogP contribution in [0.2, 0.25) is 0 Å². The first-order chi connectivity index (χ1) is 18.7. The van der Waals surface area contributed by atoms with Gasteiger partial charge in [0, 0.05) is 31.1 Å². The van der Waals surface area contributed by atoms with Crippen LogP contribution in [0.5, 0.6) is 0 Å². The van der Waals surface area contributed by atoms with E-state index in [-0.39, 0.29) is 35.7 Å². The molecule has 1 aliphatic rings. The zero-order chi connectivity index (χ0) is 28.1. The van der Waals surface area contributed by atoms with Gasteiger partial charge in [-0.05, 0) is 49.6 Å². The first-order valence-corrected chi connectivity index (χ1v) is 12.2. The summed E-state index contributed by atoms with van der Waals surface area (Å²) in [5.41, 5.74) is -0.735. The Hall–Kier alpha value is -4.39. The van der Waals surface area contributed by atoms with Crippen LogP contribution < -0.4 is 21.5 Å². The quantitative estimate of drug-likeness (QED) is 0.302. The second kappa shape index (κ2) is 12.0. The van der Waals surface area contributed by atoms with Crippen LogP contribution in [0, 0.1) is 24.5 Å². The summed E-state index contributed by atoms with van der Waals surface area (Å²) in [6.45, 7) is 1.63. The summed E-state index contributed by atoms with van der Waals surface area (Å²) in [6, 6.07) is 5.20. The first kappa shape index (κ1) is 27.6. The maximum atomic E-state index is 13.9. The number of amides is 3. The van der Waals surface area contributed by atoms with Crippen molar-refractivity contribution in [1.29, 1.82) is 0 Å². The fraction of sp³-hybridized carbons (Fsp3) is 0.346. The van der Waals surface area contributed by atoms with Crippen LogP contribution in [0.4, 0.5) is 14.5 Å². The molecule has 1 aliphatic heterocycles. The molecule has 1 aromatic carbocycles. The Morgan fingerprint density at radius 2 is 2.03 bits per heavy atom. The smallest absolute Gasteiger partial charge is 0.278 e. The van der Waals surface area contributed by atoms with Crippen molar-refractivity contribution in [1.82, 2.24) is 20.4 Å². The first-order valence-electron chi connectivity index (χ1n) is 12.2. The lowest BCUT2D eigenvalue weighted by Crippen LogP contribution is -2.45. The number of halogens is 2. The molecule has 39 heavy (non-hydrogen) atoms. The molecule has 4 N–H and O–H groups in total. The Bertz CT molecular complexity index is 1440. The SMILES string of the molecule is Cc1cc(C(=O)Nc2cccn([C@@H](Cc3ccc(F)c(F)c3)C(=O)N[C@H](CO)C[C@@H]3CCNC3=O)c2=O)no1. The number of anilines is 1. The number of aryl methyl sites for hydroxylation is 1. The number of carbonyl (C=O) groups excluding carboxylic acids is 3. The van der Waals surface area contributed by atoms with Crippen molar-refractivity contribution in [2.45, 2.75) is 38.3 Å². The number of aliphatic hydroxyl groups excluding tert-OH is 1. The van der Waals surface area contributed by atoms with Crippen LogP contribution in [0.25, 0.3) is 0 Å². The van der Waals surface area contributed by atoms with E-state index >= 15 is 0 Å². The minimum atomic E-state index is -1.28. The Kier molecular flexibility index (Phi) is 8.49. The lowest BCUT2D eigenvalue weighted by atomic mass is 9.98. The summed E-state index contributed by atoms with van der Waals surface area (Å²) < 4.78 is 33.4. The van der Waals surface area contributed by atoms with Crippen molar-refractivity contribution in [2.24, 2.45) is 5.92 Å². The van der Waals surface area contributed by atoms with Crippen LogP contribution >= 0.6 is 0 Å². The van der Waals surface area contributed by atoms with Gasteiger partial charge in [-0.1, -0.05) is 11.2 Å². The molecule has 0 saturated carbocycles. The molecule has 2 aromatic heterocycles. The minimum absolute atomic E-state index is 0.0554. The van der Waals surface area contributed by atoms with Gasteiger partial charge in [-0.25, -0.2) is 8.78 Å². The number of hydrogen-bond acceptors (Lipinski definition) is 7. The molecule has 0 aliphatic carbocycles. The van der Waals surface area contributed by atoms with Crippen molar-refractivity contribution >= 4 is 23.4 Å². The van der Waals surface area contributed by atoms with E-state index in [0.717, 1.165) is 16.7 Å². The molecule has 11 nitrogen and oxygen atoms in total. The van der Waals surface area contributed by atoms with E-state index in [4.69, 9.17) is 4.52 Å². The van der Waals surface area contributed by atoms with E-state index in [1.54, 1.807) is 6.92 Å². The Labute approximate surface area is 221 Å². The van der Waals surface area contributed by atoms with Crippen molar-refractivity contribution in [3.8, 4) is 0 Å². The molecule has 13 heteroatoms. The number of aromatic nitrogens is 2. The summed E-state index contributed by atoms with van der Waals surface area (Å²) in [5.74, 6) is -3.78. The van der Waals surface area contributed by atoms with Gasteiger partial charge >= 0.3 is 0 Å². The number of carbonyl (C=O) groups is 3. The minimum Gasteiger partial charge on any atom is -0.394 e. The highest BCUT2D eigenvalue weighted by Crippen LogP contribution is 2.20. The van der Waals surface area contributed by atoms with Crippen LogP contribution in [0.15, 0.2) is 51.9 Å². The van der Waals surface area contributed by atoms with Gasteiger partial charge in [0.15, 0.2) is 17.3 Å². The second-order valence-electron chi connectivity index (χ2n) is 9.28. The molecule has 0 radical (unpaired) electrons. The fourth-order valence-corrected chi connectivity index (χ4v) is 4.41. The molecule has 3 atom stereocenters. The second-order valence-corrected chi connectivity index (χ2v) is 9.28. The summed E-state index contributed by atoms with van der Waals surface area (Å²) in [5, 5.41) is 21.3. The van der Waals surface area contributed by atoms with Crippen molar-refractivity contribution in [3.05, 3.63) is 81.6 Å². The molecule has 0 bridgehead atoms. The third-order valence-electron chi connectivity index (χ3n) is 6.43. The predicted octanol–water partition coefficient (Wildman–Crippen LogP) is 1.46. The molecule has 3 amide bonds. The lowest BCUT2D eigenvalue weighted by molar-refractivity contribution is -0.127. The maximum Gasteiger partial charge on any atom is 0.278 e. The lowest BCUT2D eigenvalue weighted by Gasteiger charge is -2.24. The van der Waals surface area contributed by atoms with E-state index in [9.17, 15) is 33.1 Å². The highest BCUT2D eigenvalue weighted by molar-refractivity contribution is 6.02. The van der Waals surface area contributed by atoms with Gasteiger partial charge in [0.05, 0.1) is 12.6 Å². The molecular weight excluding hydrogens is 516 g/mol. The number of pyridine rings is 1. The van der Waals surface area contributed by atoms with Gasteiger partial charge in [-0.2, -0.15) is 0 Å². The molecule has 3 heterocycles. The normalized spacial score (nSPS) is 16.4. The van der Waals surface area contributed by atoms with Crippen molar-refractivity contribution in [2.75, 3.05) is 18.5 Å². The van der Waals surface area contributed by atoms with Crippen LogP contribution in [0.1, 0.15) is 40.7 Å². The number of nitrogens with one attached hydrogen (secondary N) is 3. The molecule has 3 aromatic rings. The fourth-order valence-electron chi connectivity index (χ4n) is 4.41. The summed E-state index contributed by atoms with van der Waals surface area (Å²) in [4.78, 5) is 51.3. The largest absolute Gasteiger partial charge is 0.394 e. The van der Waals surface area contributed by atoms with E-state index in [0.29, 0.717) is 18.7 Å². The highest BCUT2D eigenvalue weighted by Gasteiger charge is 2.30. The van der Waals surface area contributed by atoms with Gasteiger partial charge in [-0.15, -0.1) is 0 Å². The third kappa shape index (κ3) is 6.55. The van der Waals surface area contributed by atoms with Crippen LogP contribution in [0.3, 0.4) is 0 Å². The molecule has 4 rings (SSSR count). The van der Waals surface area contributed by atoms with Gasteiger partial charge < -0.3 is 30.1 Å². The van der Waals surface area contributed by atoms with Crippen LogP contribution in [-0.2, 0) is 16.0 Å². The standard InChI is InChI=1S/C26H27F2N5O6/c1-14-9-21(32-39-14)24(36)31-20-3-2-8-33(26(20)38)22(11-15-4-5-18(27)19(28)10-15)25(37)30-17(13-34)12-16-6-7-29-23(16)35/h2-5,8-10,16-17,22,34H,6-7,11-13H2,1H3,(H,29,35)(H,30,37)(H,31,36)/t16-,17-,22-/m0/s1. The number of nitrogens with zero attached hydrogens (tertiary/aromatic N) is 2. The summed E-state index contributed by atoms with van der Waals surface area (Å²) in [7, 11) is 0. The molecule has 0 spiro atoms. The number of rotatable bonds is 10. The molecule has 0 unspecified atom stereocenters. The average Bonchev–Trinajstić information content (AvgIpc) is 3.53. The van der Waals surface area contributed by atoms with Gasteiger partial charge in [0.25, 0.3) is 11.5 Å². The zero-order valence-electron chi connectivity index (χ0n) is 20.9. The third-order valence-corrected chi connectivity index (χ3v) is 6.43. The molecule has 1 saturated heterocycles. The Morgan fingerprint density at radius 1 is 1.23 bits per heavy atom. The van der Waals surface area contributed by atoms with Crippen LogP contribution in [-0.4, -0.2) is 51.7 Å². The molecular formula is C26H27F2N5O6. The van der Waals surface area contributed by atoms with E-state index in [1.165, 1.54) is 30.5 Å². The van der Waals surface area contributed by atoms with Crippen molar-refractivity contribution in [3.63, 3.8) is 0 Å². The topological polar surface area (TPSA) is 156 Å². The summed E-state index contributed by atoms with van der Waals surface area (Å²) in [6.07, 6.45) is 1.83. The number of hydrogen-bond donors (Lipinski definition) is 4. The monoisotopic (exact) mass is 543 g/mol. The maximum absolute atomic E-state index is 13.9. The predicted molar refractivity (Wildman–Crippen MR) is 134 cm³/mol. The number of aliphatic hydroxyl groups is 1. The van der Waals surface area contributed by atoms with Gasteiger partial charge in [-0.3, -0.25) is 19.2 Å². The van der Waals surface area contributed by atoms with Crippen molar-refractivity contribution < 1.29 is 32.8 Å². The Morgan fingerprint density at radius 3 is 2.67 bits per heavy atom. The van der Waals surface area contributed by atoms with E-state index in [1.807, 2.05) is 0 Å². The van der Waals surface area contributed by atoms with Gasteiger partial charge in [0.2, 0.25) is 11.8 Å². The van der Waals surface area contributed by atoms with E-state index < -0.39 is 53.6 Å². The van der Waals surface area contributed by atoms with Gasteiger partial charge in [0.1, 0.15) is 17.5 Å². The summed E-state index contributed by atoms with van der Waals surface area (Å²) >= 11 is 0. The average molecular weight is 544 g/mol.